The number of hydrazone groups is 1. The van der Waals surface area contributed by atoms with Crippen LogP contribution in [0.5, 0.6) is 5.75 Å². The summed E-state index contributed by atoms with van der Waals surface area (Å²) in [5.74, 6) is -0.772. The molecule has 0 unspecified atom stereocenters. The van der Waals surface area contributed by atoms with Crippen molar-refractivity contribution in [3.8, 4) is 5.75 Å². The van der Waals surface area contributed by atoms with E-state index in [1.165, 1.54) is 6.21 Å². The third-order valence-electron chi connectivity index (χ3n) is 3.83. The van der Waals surface area contributed by atoms with Gasteiger partial charge in [-0.1, -0.05) is 52.3 Å². The molecule has 3 N–H and O–H groups in total. The van der Waals surface area contributed by atoms with Crippen LogP contribution in [0.2, 0.25) is 0 Å². The van der Waals surface area contributed by atoms with Crippen LogP contribution >= 0.6 is 15.9 Å². The van der Waals surface area contributed by atoms with E-state index in [9.17, 15) is 14.7 Å². The molecule has 0 heterocycles. The van der Waals surface area contributed by atoms with E-state index in [-0.39, 0.29) is 18.2 Å². The van der Waals surface area contributed by atoms with E-state index < -0.39 is 5.91 Å². The van der Waals surface area contributed by atoms with Gasteiger partial charge in [0.25, 0.3) is 11.8 Å². The zero-order valence-electron chi connectivity index (χ0n) is 14.1. The predicted octanol–water partition coefficient (Wildman–Crippen LogP) is 3.19. The Hall–Kier alpha value is -3.19. The fourth-order valence-corrected chi connectivity index (χ4v) is 2.92. The number of fused-ring (bicyclic) bond motifs is 1. The second kappa shape index (κ2) is 8.46. The second-order valence-corrected chi connectivity index (χ2v) is 6.62. The van der Waals surface area contributed by atoms with Crippen LogP contribution in [-0.2, 0) is 4.79 Å². The summed E-state index contributed by atoms with van der Waals surface area (Å²) in [7, 11) is 0. The number of phenols is 1. The molecule has 7 heteroatoms. The van der Waals surface area contributed by atoms with Gasteiger partial charge in [0.15, 0.2) is 0 Å². The van der Waals surface area contributed by atoms with Gasteiger partial charge in [-0.3, -0.25) is 9.59 Å². The molecule has 0 fully saturated rings. The predicted molar refractivity (Wildman–Crippen MR) is 108 cm³/mol. The van der Waals surface area contributed by atoms with E-state index in [0.717, 1.165) is 15.2 Å². The summed E-state index contributed by atoms with van der Waals surface area (Å²) < 4.78 is 0.777. The van der Waals surface area contributed by atoms with Crippen LogP contribution in [0.1, 0.15) is 15.9 Å². The lowest BCUT2D eigenvalue weighted by atomic mass is 10.0. The molecule has 136 valence electrons. The Balaban J connectivity index is 1.60. The number of nitrogens with zero attached hydrogens (tertiary/aromatic N) is 1. The fourth-order valence-electron chi connectivity index (χ4n) is 2.52. The van der Waals surface area contributed by atoms with Crippen molar-refractivity contribution in [3.63, 3.8) is 0 Å². The first-order valence-electron chi connectivity index (χ1n) is 8.11. The third-order valence-corrected chi connectivity index (χ3v) is 4.32. The molecule has 0 radical (unpaired) electrons. The van der Waals surface area contributed by atoms with E-state index >= 15 is 0 Å². The van der Waals surface area contributed by atoms with Crippen molar-refractivity contribution in [2.24, 2.45) is 5.10 Å². The maximum Gasteiger partial charge on any atom is 0.259 e. The maximum atomic E-state index is 12.0. The molecule has 0 saturated heterocycles. The Morgan fingerprint density at radius 2 is 1.89 bits per heavy atom. The van der Waals surface area contributed by atoms with Crippen molar-refractivity contribution in [3.05, 3.63) is 76.3 Å². The smallest absolute Gasteiger partial charge is 0.259 e. The van der Waals surface area contributed by atoms with Gasteiger partial charge in [0.2, 0.25) is 0 Å². The summed E-state index contributed by atoms with van der Waals surface area (Å²) in [6, 6.07) is 17.8. The topological polar surface area (TPSA) is 90.8 Å². The van der Waals surface area contributed by atoms with Gasteiger partial charge in [0, 0.05) is 15.6 Å². The number of carbonyl (C=O) groups is 2. The minimum atomic E-state index is -0.477. The number of aromatic hydroxyl groups is 1. The molecular weight excluding hydrogens is 410 g/mol. The number of hydrogen-bond acceptors (Lipinski definition) is 4. The Kier molecular flexibility index (Phi) is 5.83. The largest absolute Gasteiger partial charge is 0.507 e. The number of benzene rings is 3. The van der Waals surface area contributed by atoms with Gasteiger partial charge in [0.1, 0.15) is 5.75 Å². The molecule has 0 aliphatic rings. The number of halogens is 1. The van der Waals surface area contributed by atoms with E-state index in [1.54, 1.807) is 36.4 Å². The number of rotatable bonds is 5. The molecule has 0 atom stereocenters. The third kappa shape index (κ3) is 4.71. The summed E-state index contributed by atoms with van der Waals surface area (Å²) in [6.45, 7) is -0.218. The average Bonchev–Trinajstić information content (AvgIpc) is 2.68. The van der Waals surface area contributed by atoms with E-state index in [2.05, 4.69) is 31.8 Å². The summed E-state index contributed by atoms with van der Waals surface area (Å²) in [4.78, 5) is 23.9. The van der Waals surface area contributed by atoms with Crippen LogP contribution in [-0.4, -0.2) is 29.7 Å². The van der Waals surface area contributed by atoms with Gasteiger partial charge in [0.05, 0.1) is 12.8 Å². The first-order chi connectivity index (χ1) is 13.0. The molecule has 3 aromatic rings. The zero-order chi connectivity index (χ0) is 19.2. The van der Waals surface area contributed by atoms with E-state index in [4.69, 9.17) is 0 Å². The van der Waals surface area contributed by atoms with E-state index in [1.807, 2.05) is 24.3 Å². The Labute approximate surface area is 164 Å². The molecule has 0 saturated carbocycles. The van der Waals surface area contributed by atoms with Crippen molar-refractivity contribution >= 4 is 44.7 Å². The lowest BCUT2D eigenvalue weighted by molar-refractivity contribution is -0.120. The summed E-state index contributed by atoms with van der Waals surface area (Å²) in [5.41, 5.74) is 3.29. The van der Waals surface area contributed by atoms with Gasteiger partial charge in [-0.25, -0.2) is 5.43 Å². The van der Waals surface area contributed by atoms with Crippen molar-refractivity contribution < 1.29 is 14.7 Å². The Morgan fingerprint density at radius 3 is 2.70 bits per heavy atom. The molecular formula is C20H16BrN3O3. The van der Waals surface area contributed by atoms with Crippen LogP contribution in [0.4, 0.5) is 0 Å². The standard InChI is InChI=1S/C20H16BrN3O3/c21-15-6-3-5-14(10-15)20(27)22-12-19(26)24-23-11-17-16-7-2-1-4-13(16)8-9-18(17)25/h1-11,25H,12H2,(H,22,27)(H,24,26)/b23-11+. The van der Waals surface area contributed by atoms with Crippen molar-refractivity contribution in [2.45, 2.75) is 0 Å². The van der Waals surface area contributed by atoms with Gasteiger partial charge >= 0.3 is 0 Å². The number of amides is 2. The molecule has 0 spiro atoms. The van der Waals surface area contributed by atoms with Crippen molar-refractivity contribution in [1.82, 2.24) is 10.7 Å². The normalized spacial score (nSPS) is 10.9. The molecule has 0 aliphatic carbocycles. The lowest BCUT2D eigenvalue weighted by Gasteiger charge is -2.06. The van der Waals surface area contributed by atoms with Crippen LogP contribution in [0, 0.1) is 0 Å². The highest BCUT2D eigenvalue weighted by Gasteiger charge is 2.08. The highest BCUT2D eigenvalue weighted by molar-refractivity contribution is 9.10. The number of nitrogens with one attached hydrogen (secondary N) is 2. The zero-order valence-corrected chi connectivity index (χ0v) is 15.7. The minimum Gasteiger partial charge on any atom is -0.507 e. The van der Waals surface area contributed by atoms with Crippen LogP contribution < -0.4 is 10.7 Å². The molecule has 0 aliphatic heterocycles. The first-order valence-corrected chi connectivity index (χ1v) is 8.90. The lowest BCUT2D eigenvalue weighted by Crippen LogP contribution is -2.34. The van der Waals surface area contributed by atoms with Crippen LogP contribution in [0.15, 0.2) is 70.2 Å². The minimum absolute atomic E-state index is 0.0645. The van der Waals surface area contributed by atoms with Gasteiger partial charge in [-0.2, -0.15) is 5.10 Å². The Bertz CT molecular complexity index is 1030. The van der Waals surface area contributed by atoms with Crippen molar-refractivity contribution in [1.29, 1.82) is 0 Å². The highest BCUT2D eigenvalue weighted by Crippen LogP contribution is 2.25. The molecule has 0 aromatic heterocycles. The molecule has 3 rings (SSSR count). The van der Waals surface area contributed by atoms with Crippen LogP contribution in [0.25, 0.3) is 10.8 Å². The second-order valence-electron chi connectivity index (χ2n) is 5.71. The number of hydrogen-bond donors (Lipinski definition) is 3. The molecule has 3 aromatic carbocycles. The van der Waals surface area contributed by atoms with Crippen LogP contribution in [0.3, 0.4) is 0 Å². The molecule has 6 nitrogen and oxygen atoms in total. The summed E-state index contributed by atoms with van der Waals surface area (Å²) in [5, 5.41) is 18.2. The summed E-state index contributed by atoms with van der Waals surface area (Å²) in [6.07, 6.45) is 1.38. The SMILES string of the molecule is O=C(CNC(=O)c1cccc(Br)c1)N/N=C/c1c(O)ccc2ccccc12. The molecule has 0 bridgehead atoms. The number of carbonyl (C=O) groups excluding carboxylic acids is 2. The quantitative estimate of drug-likeness (QED) is 0.433. The van der Waals surface area contributed by atoms with Crippen molar-refractivity contribution in [2.75, 3.05) is 6.54 Å². The van der Waals surface area contributed by atoms with Gasteiger partial charge in [-0.15, -0.1) is 0 Å². The monoisotopic (exact) mass is 425 g/mol. The molecule has 2 amide bonds. The van der Waals surface area contributed by atoms with E-state index in [0.29, 0.717) is 11.1 Å². The van der Waals surface area contributed by atoms with Gasteiger partial charge in [-0.05, 0) is 35.0 Å². The number of phenolic OH excluding ortho intramolecular Hbond substituents is 1. The first kappa shape index (κ1) is 18.6. The highest BCUT2D eigenvalue weighted by atomic mass is 79.9. The summed E-state index contributed by atoms with van der Waals surface area (Å²) >= 11 is 3.29. The van der Waals surface area contributed by atoms with Gasteiger partial charge < -0.3 is 10.4 Å². The Morgan fingerprint density at radius 1 is 1.07 bits per heavy atom. The fraction of sp³-hybridized carbons (Fsp3) is 0.0500. The average molecular weight is 426 g/mol. The molecule has 27 heavy (non-hydrogen) atoms. The maximum absolute atomic E-state index is 12.0.